The van der Waals surface area contributed by atoms with Crippen LogP contribution in [0.15, 0.2) is 65.1 Å². The molecule has 0 saturated carbocycles. The maximum Gasteiger partial charge on any atom is 0.0454 e. The average molecular weight is 361 g/mol. The molecule has 0 aliphatic rings. The highest BCUT2D eigenvalue weighted by atomic mass is 79.9. The van der Waals surface area contributed by atoms with Crippen molar-refractivity contribution in [1.29, 1.82) is 0 Å². The van der Waals surface area contributed by atoms with E-state index in [9.17, 15) is 0 Å². The Balaban J connectivity index is 1.96. The Hall–Kier alpha value is -1.35. The van der Waals surface area contributed by atoms with E-state index in [-0.39, 0.29) is 6.04 Å². The van der Waals surface area contributed by atoms with Crippen molar-refractivity contribution in [2.45, 2.75) is 12.5 Å². The molecule has 0 aliphatic heterocycles. The van der Waals surface area contributed by atoms with Gasteiger partial charge in [0.15, 0.2) is 0 Å². The Morgan fingerprint density at radius 1 is 1.00 bits per heavy atom. The molecular formula is C18H15BrClN. The minimum atomic E-state index is -0.124. The summed E-state index contributed by atoms with van der Waals surface area (Å²) in [4.78, 5) is 0. The predicted molar refractivity (Wildman–Crippen MR) is 93.7 cm³/mol. The summed E-state index contributed by atoms with van der Waals surface area (Å²) < 4.78 is 0.996. The summed E-state index contributed by atoms with van der Waals surface area (Å²) in [7, 11) is 0. The van der Waals surface area contributed by atoms with Crippen molar-refractivity contribution < 1.29 is 0 Å². The molecule has 0 aromatic heterocycles. The molecule has 0 bridgehead atoms. The predicted octanol–water partition coefficient (Wildman–Crippen LogP) is 5.50. The van der Waals surface area contributed by atoms with Crippen molar-refractivity contribution in [3.63, 3.8) is 0 Å². The van der Waals surface area contributed by atoms with Crippen LogP contribution in [0.5, 0.6) is 0 Å². The molecular weight excluding hydrogens is 346 g/mol. The summed E-state index contributed by atoms with van der Waals surface area (Å²) in [5.41, 5.74) is 8.60. The minimum Gasteiger partial charge on any atom is -0.324 e. The zero-order valence-corrected chi connectivity index (χ0v) is 13.7. The van der Waals surface area contributed by atoms with Crippen LogP contribution in [-0.4, -0.2) is 0 Å². The quantitative estimate of drug-likeness (QED) is 0.656. The van der Waals surface area contributed by atoms with Gasteiger partial charge in [0, 0.05) is 15.5 Å². The molecule has 3 aromatic carbocycles. The highest BCUT2D eigenvalue weighted by Gasteiger charge is 2.13. The SMILES string of the molecule is NC(Cc1cccc2ccccc12)c1cc(Br)ccc1Cl. The number of hydrogen-bond acceptors (Lipinski definition) is 1. The fraction of sp³-hybridized carbons (Fsp3) is 0.111. The van der Waals surface area contributed by atoms with E-state index in [4.69, 9.17) is 17.3 Å². The molecule has 0 spiro atoms. The standard InChI is InChI=1S/C18H15BrClN/c19-14-8-9-17(20)16(11-14)18(21)10-13-6-3-5-12-4-1-2-7-15(12)13/h1-9,11,18H,10,21H2. The van der Waals surface area contributed by atoms with Crippen molar-refractivity contribution in [1.82, 2.24) is 0 Å². The number of nitrogens with two attached hydrogens (primary N) is 1. The summed E-state index contributed by atoms with van der Waals surface area (Å²) in [6, 6.07) is 20.4. The highest BCUT2D eigenvalue weighted by molar-refractivity contribution is 9.10. The second-order valence-electron chi connectivity index (χ2n) is 5.11. The van der Waals surface area contributed by atoms with Gasteiger partial charge in [-0.05, 0) is 46.5 Å². The van der Waals surface area contributed by atoms with Crippen LogP contribution in [0.25, 0.3) is 10.8 Å². The van der Waals surface area contributed by atoms with Crippen LogP contribution in [0.4, 0.5) is 0 Å². The van der Waals surface area contributed by atoms with Gasteiger partial charge < -0.3 is 5.73 Å². The zero-order chi connectivity index (χ0) is 14.8. The number of hydrogen-bond donors (Lipinski definition) is 1. The van der Waals surface area contributed by atoms with E-state index < -0.39 is 0 Å². The first-order chi connectivity index (χ1) is 10.1. The molecule has 3 heteroatoms. The summed E-state index contributed by atoms with van der Waals surface area (Å²) >= 11 is 9.75. The van der Waals surface area contributed by atoms with Gasteiger partial charge in [-0.3, -0.25) is 0 Å². The third-order valence-electron chi connectivity index (χ3n) is 3.68. The molecule has 106 valence electrons. The molecule has 0 saturated heterocycles. The van der Waals surface area contributed by atoms with Gasteiger partial charge in [0.1, 0.15) is 0 Å². The number of benzene rings is 3. The van der Waals surface area contributed by atoms with E-state index in [0.717, 1.165) is 16.5 Å². The number of rotatable bonds is 3. The Morgan fingerprint density at radius 2 is 1.76 bits per heavy atom. The molecule has 0 aliphatic carbocycles. The van der Waals surface area contributed by atoms with Crippen LogP contribution in [0, 0.1) is 0 Å². The van der Waals surface area contributed by atoms with Gasteiger partial charge in [-0.1, -0.05) is 70.0 Å². The second-order valence-corrected chi connectivity index (χ2v) is 6.44. The number of fused-ring (bicyclic) bond motifs is 1. The van der Waals surface area contributed by atoms with Gasteiger partial charge in [-0.2, -0.15) is 0 Å². The topological polar surface area (TPSA) is 26.0 Å². The maximum absolute atomic E-state index is 6.38. The van der Waals surface area contributed by atoms with Crippen LogP contribution in [0.1, 0.15) is 17.2 Å². The number of halogens is 2. The van der Waals surface area contributed by atoms with Gasteiger partial charge in [0.2, 0.25) is 0 Å². The Kier molecular flexibility index (Phi) is 4.29. The summed E-state index contributed by atoms with van der Waals surface area (Å²) in [5.74, 6) is 0. The Bertz CT molecular complexity index is 780. The minimum absolute atomic E-state index is 0.124. The van der Waals surface area contributed by atoms with Crippen molar-refractivity contribution in [3.8, 4) is 0 Å². The van der Waals surface area contributed by atoms with E-state index in [1.165, 1.54) is 16.3 Å². The van der Waals surface area contributed by atoms with E-state index in [1.54, 1.807) is 0 Å². The van der Waals surface area contributed by atoms with Gasteiger partial charge in [0.25, 0.3) is 0 Å². The van der Waals surface area contributed by atoms with Gasteiger partial charge >= 0.3 is 0 Å². The van der Waals surface area contributed by atoms with Crippen molar-refractivity contribution >= 4 is 38.3 Å². The van der Waals surface area contributed by atoms with Crippen LogP contribution in [0.2, 0.25) is 5.02 Å². The summed E-state index contributed by atoms with van der Waals surface area (Å²) in [6.45, 7) is 0. The van der Waals surface area contributed by atoms with Crippen LogP contribution in [0.3, 0.4) is 0 Å². The molecule has 0 radical (unpaired) electrons. The lowest BCUT2D eigenvalue weighted by Gasteiger charge is -2.16. The average Bonchev–Trinajstić information content (AvgIpc) is 2.50. The van der Waals surface area contributed by atoms with Gasteiger partial charge in [-0.25, -0.2) is 0 Å². The largest absolute Gasteiger partial charge is 0.324 e. The van der Waals surface area contributed by atoms with Crippen molar-refractivity contribution in [2.24, 2.45) is 5.73 Å². The molecule has 0 amide bonds. The molecule has 21 heavy (non-hydrogen) atoms. The van der Waals surface area contributed by atoms with Crippen LogP contribution < -0.4 is 5.73 Å². The van der Waals surface area contributed by atoms with E-state index in [2.05, 4.69) is 58.4 Å². The summed E-state index contributed by atoms with van der Waals surface area (Å²) in [6.07, 6.45) is 0.761. The van der Waals surface area contributed by atoms with Crippen LogP contribution >= 0.6 is 27.5 Å². The molecule has 1 atom stereocenters. The zero-order valence-electron chi connectivity index (χ0n) is 11.4. The first-order valence-corrected chi connectivity index (χ1v) is 7.99. The summed E-state index contributed by atoms with van der Waals surface area (Å²) in [5, 5.41) is 3.20. The van der Waals surface area contributed by atoms with Crippen molar-refractivity contribution in [2.75, 3.05) is 0 Å². The smallest absolute Gasteiger partial charge is 0.0454 e. The lowest BCUT2D eigenvalue weighted by molar-refractivity contribution is 0.725. The third kappa shape index (κ3) is 3.13. The Labute approximate surface area is 137 Å². The molecule has 3 rings (SSSR count). The molecule has 2 N–H and O–H groups in total. The molecule has 1 unspecified atom stereocenters. The monoisotopic (exact) mass is 359 g/mol. The Morgan fingerprint density at radius 3 is 2.62 bits per heavy atom. The highest BCUT2D eigenvalue weighted by Crippen LogP contribution is 2.29. The van der Waals surface area contributed by atoms with E-state index in [1.807, 2.05) is 18.2 Å². The van der Waals surface area contributed by atoms with Crippen LogP contribution in [-0.2, 0) is 6.42 Å². The molecule has 0 heterocycles. The fourth-order valence-electron chi connectivity index (χ4n) is 2.62. The maximum atomic E-state index is 6.38. The lowest BCUT2D eigenvalue weighted by Crippen LogP contribution is -2.14. The molecule has 3 aromatic rings. The molecule has 1 nitrogen and oxygen atoms in total. The van der Waals surface area contributed by atoms with Crippen molar-refractivity contribution in [3.05, 3.63) is 81.3 Å². The normalized spacial score (nSPS) is 12.5. The lowest BCUT2D eigenvalue weighted by atomic mass is 9.95. The third-order valence-corrected chi connectivity index (χ3v) is 4.51. The fourth-order valence-corrected chi connectivity index (χ4v) is 3.25. The van der Waals surface area contributed by atoms with E-state index >= 15 is 0 Å². The van der Waals surface area contributed by atoms with Gasteiger partial charge in [-0.15, -0.1) is 0 Å². The van der Waals surface area contributed by atoms with Gasteiger partial charge in [0.05, 0.1) is 0 Å². The molecule has 0 fully saturated rings. The van der Waals surface area contributed by atoms with E-state index in [0.29, 0.717) is 5.02 Å². The first kappa shape index (κ1) is 14.6. The second kappa shape index (κ2) is 6.18. The first-order valence-electron chi connectivity index (χ1n) is 6.82.